The summed E-state index contributed by atoms with van der Waals surface area (Å²) in [6.07, 6.45) is 0. The van der Waals surface area contributed by atoms with Crippen LogP contribution in [0.1, 0.15) is 27.7 Å². The fourth-order valence-corrected chi connectivity index (χ4v) is 2.15. The minimum Gasteiger partial charge on any atom is -0.454 e. The summed E-state index contributed by atoms with van der Waals surface area (Å²) in [7, 11) is -0.790. The molecular formula is C13H16BFO4. The van der Waals surface area contributed by atoms with Gasteiger partial charge in [-0.15, -0.1) is 0 Å². The van der Waals surface area contributed by atoms with Gasteiger partial charge in [0.2, 0.25) is 6.79 Å². The van der Waals surface area contributed by atoms with Gasteiger partial charge in [-0.1, -0.05) is 0 Å². The van der Waals surface area contributed by atoms with E-state index in [1.54, 1.807) is 6.07 Å². The van der Waals surface area contributed by atoms with Gasteiger partial charge in [-0.2, -0.15) is 0 Å². The van der Waals surface area contributed by atoms with Gasteiger partial charge in [-0.05, 0) is 39.8 Å². The van der Waals surface area contributed by atoms with Crippen molar-refractivity contribution in [3.05, 3.63) is 17.9 Å². The summed E-state index contributed by atoms with van der Waals surface area (Å²) in [5.41, 5.74) is -0.771. The summed E-state index contributed by atoms with van der Waals surface area (Å²) in [6.45, 7) is 7.78. The molecule has 3 rings (SSSR count). The van der Waals surface area contributed by atoms with Gasteiger partial charge in [0.15, 0.2) is 11.5 Å². The largest absolute Gasteiger partial charge is 0.501 e. The van der Waals surface area contributed by atoms with E-state index in [4.69, 9.17) is 18.8 Å². The average molecular weight is 266 g/mol. The smallest absolute Gasteiger partial charge is 0.454 e. The molecule has 2 aliphatic rings. The fourth-order valence-electron chi connectivity index (χ4n) is 2.15. The van der Waals surface area contributed by atoms with Crippen molar-refractivity contribution in [3.8, 4) is 11.5 Å². The molecule has 4 nitrogen and oxygen atoms in total. The molecule has 1 aromatic carbocycles. The van der Waals surface area contributed by atoms with E-state index in [0.717, 1.165) is 0 Å². The van der Waals surface area contributed by atoms with Crippen molar-refractivity contribution in [2.24, 2.45) is 0 Å². The summed E-state index contributed by atoms with van der Waals surface area (Å²) >= 11 is 0. The van der Waals surface area contributed by atoms with Gasteiger partial charge < -0.3 is 18.8 Å². The van der Waals surface area contributed by atoms with Crippen LogP contribution < -0.4 is 14.9 Å². The number of halogens is 1. The number of benzene rings is 1. The maximum Gasteiger partial charge on any atom is 0.501 e. The van der Waals surface area contributed by atoms with Gasteiger partial charge in [0.1, 0.15) is 5.82 Å². The average Bonchev–Trinajstić information content (AvgIpc) is 2.81. The SMILES string of the molecule is CC1(C)OB(c2c(F)ccc3c2OCO3)OC1(C)C. The van der Waals surface area contributed by atoms with Crippen molar-refractivity contribution < 1.29 is 23.2 Å². The zero-order chi connectivity index (χ0) is 13.8. The Morgan fingerprint density at radius 1 is 1.05 bits per heavy atom. The van der Waals surface area contributed by atoms with E-state index in [9.17, 15) is 4.39 Å². The molecule has 2 aliphatic heterocycles. The van der Waals surface area contributed by atoms with Gasteiger partial charge in [0, 0.05) is 0 Å². The molecule has 0 N–H and O–H groups in total. The summed E-state index contributed by atoms with van der Waals surface area (Å²) < 4.78 is 36.4. The van der Waals surface area contributed by atoms with Crippen LogP contribution in [0.5, 0.6) is 11.5 Å². The van der Waals surface area contributed by atoms with Gasteiger partial charge in [-0.25, -0.2) is 4.39 Å². The molecule has 0 bridgehead atoms. The van der Waals surface area contributed by atoms with Crippen LogP contribution in [0.4, 0.5) is 4.39 Å². The highest BCUT2D eigenvalue weighted by Gasteiger charge is 2.53. The Kier molecular flexibility index (Phi) is 2.60. The maximum absolute atomic E-state index is 14.1. The number of hydrogen-bond acceptors (Lipinski definition) is 4. The third-order valence-electron chi connectivity index (χ3n) is 4.01. The van der Waals surface area contributed by atoms with E-state index in [1.165, 1.54) is 6.07 Å². The molecule has 0 unspecified atom stereocenters. The molecular weight excluding hydrogens is 250 g/mol. The predicted octanol–water partition coefficient (Wildman–Crippen LogP) is 1.85. The summed E-state index contributed by atoms with van der Waals surface area (Å²) in [5, 5.41) is 0. The third-order valence-corrected chi connectivity index (χ3v) is 4.01. The minimum absolute atomic E-state index is 0.0886. The number of hydrogen-bond donors (Lipinski definition) is 0. The molecule has 0 aromatic heterocycles. The highest BCUT2D eigenvalue weighted by molar-refractivity contribution is 6.63. The Balaban J connectivity index is 2.03. The molecule has 1 saturated heterocycles. The van der Waals surface area contributed by atoms with E-state index in [1.807, 2.05) is 27.7 Å². The maximum atomic E-state index is 14.1. The second-order valence-corrected chi connectivity index (χ2v) is 5.78. The Morgan fingerprint density at radius 2 is 1.68 bits per heavy atom. The van der Waals surface area contributed by atoms with Gasteiger partial charge >= 0.3 is 7.12 Å². The van der Waals surface area contributed by atoms with Crippen molar-refractivity contribution in [1.82, 2.24) is 0 Å². The predicted molar refractivity (Wildman–Crippen MR) is 68.2 cm³/mol. The van der Waals surface area contributed by atoms with E-state index in [0.29, 0.717) is 11.5 Å². The van der Waals surface area contributed by atoms with Crippen LogP contribution in [-0.2, 0) is 9.31 Å². The molecule has 1 aromatic rings. The lowest BCUT2D eigenvalue weighted by molar-refractivity contribution is 0.00578. The van der Waals surface area contributed by atoms with Crippen LogP contribution in [0, 0.1) is 5.82 Å². The quantitative estimate of drug-likeness (QED) is 0.727. The summed E-state index contributed by atoms with van der Waals surface area (Å²) in [5.74, 6) is 0.479. The van der Waals surface area contributed by atoms with E-state index in [-0.39, 0.29) is 12.3 Å². The number of ether oxygens (including phenoxy) is 2. The van der Waals surface area contributed by atoms with Crippen LogP contribution in [0.15, 0.2) is 12.1 Å². The summed E-state index contributed by atoms with van der Waals surface area (Å²) in [4.78, 5) is 0. The van der Waals surface area contributed by atoms with Crippen molar-refractivity contribution in [2.45, 2.75) is 38.9 Å². The first-order valence-electron chi connectivity index (χ1n) is 6.25. The number of rotatable bonds is 1. The van der Waals surface area contributed by atoms with Gasteiger partial charge in [0.05, 0.1) is 16.7 Å². The molecule has 0 aliphatic carbocycles. The van der Waals surface area contributed by atoms with Crippen molar-refractivity contribution in [2.75, 3.05) is 6.79 Å². The normalized spacial score (nSPS) is 22.9. The Labute approximate surface area is 111 Å². The van der Waals surface area contributed by atoms with Gasteiger partial charge in [0.25, 0.3) is 0 Å². The lowest BCUT2D eigenvalue weighted by Crippen LogP contribution is -2.41. The molecule has 0 amide bonds. The van der Waals surface area contributed by atoms with Crippen LogP contribution in [-0.4, -0.2) is 25.1 Å². The van der Waals surface area contributed by atoms with Crippen LogP contribution in [0.25, 0.3) is 0 Å². The fraction of sp³-hybridized carbons (Fsp3) is 0.538. The molecule has 19 heavy (non-hydrogen) atoms. The second kappa shape index (κ2) is 3.87. The number of fused-ring (bicyclic) bond motifs is 1. The first kappa shape index (κ1) is 12.8. The standard InChI is InChI=1S/C13H16BFO4/c1-12(2)13(3,4)19-14(18-12)10-8(15)5-6-9-11(10)17-7-16-9/h5-6H,7H2,1-4H3. The Morgan fingerprint density at radius 3 is 2.32 bits per heavy atom. The summed E-state index contributed by atoms with van der Waals surface area (Å²) in [6, 6.07) is 2.89. The Hall–Kier alpha value is -1.27. The van der Waals surface area contributed by atoms with Gasteiger partial charge in [-0.3, -0.25) is 0 Å². The monoisotopic (exact) mass is 266 g/mol. The molecule has 0 spiro atoms. The molecule has 102 valence electrons. The minimum atomic E-state index is -0.790. The van der Waals surface area contributed by atoms with Crippen molar-refractivity contribution >= 4 is 12.6 Å². The highest BCUT2D eigenvalue weighted by Crippen LogP contribution is 2.39. The topological polar surface area (TPSA) is 36.9 Å². The Bertz CT molecular complexity index is 514. The zero-order valence-electron chi connectivity index (χ0n) is 11.5. The molecule has 2 heterocycles. The van der Waals surface area contributed by atoms with Crippen LogP contribution in [0.3, 0.4) is 0 Å². The lowest BCUT2D eigenvalue weighted by Gasteiger charge is -2.32. The van der Waals surface area contributed by atoms with Crippen LogP contribution >= 0.6 is 0 Å². The highest BCUT2D eigenvalue weighted by atomic mass is 19.1. The molecule has 0 saturated carbocycles. The zero-order valence-corrected chi connectivity index (χ0v) is 11.5. The van der Waals surface area contributed by atoms with Crippen molar-refractivity contribution in [3.63, 3.8) is 0 Å². The van der Waals surface area contributed by atoms with E-state index < -0.39 is 24.1 Å². The lowest BCUT2D eigenvalue weighted by atomic mass is 9.77. The first-order chi connectivity index (χ1) is 8.82. The molecule has 0 radical (unpaired) electrons. The van der Waals surface area contributed by atoms with E-state index >= 15 is 0 Å². The first-order valence-corrected chi connectivity index (χ1v) is 6.25. The molecule has 6 heteroatoms. The van der Waals surface area contributed by atoms with E-state index in [2.05, 4.69) is 0 Å². The third kappa shape index (κ3) is 1.82. The van der Waals surface area contributed by atoms with Crippen molar-refractivity contribution in [1.29, 1.82) is 0 Å². The van der Waals surface area contributed by atoms with Crippen LogP contribution in [0.2, 0.25) is 0 Å². The molecule has 0 atom stereocenters. The molecule has 1 fully saturated rings. The second-order valence-electron chi connectivity index (χ2n) is 5.78.